The zero-order chi connectivity index (χ0) is 41.2. The Morgan fingerprint density at radius 2 is 0.589 bits per heavy atom. The third-order valence-corrected chi connectivity index (χ3v) is 11.2. The molecular weight excluding hydrogens is 697 g/mol. The number of carbonyl (C=O) groups excluding carboxylic acids is 3. The molecule has 0 radical (unpaired) electrons. The molecule has 0 heterocycles. The summed E-state index contributed by atoms with van der Waals surface area (Å²) in [6, 6.07) is 0. The van der Waals surface area contributed by atoms with Gasteiger partial charge in [-0.05, 0) is 31.1 Å². The summed E-state index contributed by atoms with van der Waals surface area (Å²) in [7, 11) is 0. The van der Waals surface area contributed by atoms with Crippen LogP contribution in [0.5, 0.6) is 0 Å². The molecule has 0 fully saturated rings. The number of unbranched alkanes of at least 4 members (excludes halogenated alkanes) is 29. The fraction of sp³-hybridized carbons (Fsp3) is 0.940. The van der Waals surface area contributed by atoms with Crippen LogP contribution in [0.3, 0.4) is 0 Å². The molecule has 0 saturated heterocycles. The number of hydrogen-bond acceptors (Lipinski definition) is 6. The molecule has 332 valence electrons. The SMILES string of the molecule is CCCCCCCCCCCCCCCCCC(=O)OC[C@H](COC(=O)CCCCCCCCCCCC(C)C)OC(=O)CCCCCCCCCCC(C)C. The summed E-state index contributed by atoms with van der Waals surface area (Å²) >= 11 is 0. The third kappa shape index (κ3) is 43.5. The highest BCUT2D eigenvalue weighted by Gasteiger charge is 2.19. The quantitative estimate of drug-likeness (QED) is 0.0347. The molecule has 0 aliphatic rings. The van der Waals surface area contributed by atoms with Gasteiger partial charge in [0, 0.05) is 19.3 Å². The third-order valence-electron chi connectivity index (χ3n) is 11.2. The molecule has 0 aliphatic heterocycles. The van der Waals surface area contributed by atoms with Gasteiger partial charge in [-0.2, -0.15) is 0 Å². The topological polar surface area (TPSA) is 78.9 Å². The number of carbonyl (C=O) groups is 3. The predicted octanol–water partition coefficient (Wildman–Crippen LogP) is 15.8. The maximum absolute atomic E-state index is 12.7. The van der Waals surface area contributed by atoms with Gasteiger partial charge in [0.2, 0.25) is 0 Å². The molecule has 0 bridgehead atoms. The van der Waals surface area contributed by atoms with Crippen LogP contribution in [0.25, 0.3) is 0 Å². The Morgan fingerprint density at radius 1 is 0.339 bits per heavy atom. The fourth-order valence-electron chi connectivity index (χ4n) is 7.46. The van der Waals surface area contributed by atoms with Crippen LogP contribution in [0.2, 0.25) is 0 Å². The highest BCUT2D eigenvalue weighted by atomic mass is 16.6. The number of hydrogen-bond donors (Lipinski definition) is 0. The normalized spacial score (nSPS) is 12.1. The van der Waals surface area contributed by atoms with Crippen LogP contribution in [-0.2, 0) is 28.6 Å². The molecule has 0 spiro atoms. The van der Waals surface area contributed by atoms with E-state index in [1.54, 1.807) is 0 Å². The summed E-state index contributed by atoms with van der Waals surface area (Å²) < 4.78 is 16.8. The highest BCUT2D eigenvalue weighted by molar-refractivity contribution is 5.71. The average molecular weight is 793 g/mol. The van der Waals surface area contributed by atoms with Gasteiger partial charge in [0.05, 0.1) is 0 Å². The Morgan fingerprint density at radius 3 is 0.875 bits per heavy atom. The number of ether oxygens (including phenoxy) is 3. The maximum Gasteiger partial charge on any atom is 0.306 e. The van der Waals surface area contributed by atoms with E-state index < -0.39 is 6.10 Å². The minimum Gasteiger partial charge on any atom is -0.462 e. The van der Waals surface area contributed by atoms with Crippen LogP contribution >= 0.6 is 0 Å². The minimum atomic E-state index is -0.761. The van der Waals surface area contributed by atoms with Crippen molar-refractivity contribution < 1.29 is 28.6 Å². The van der Waals surface area contributed by atoms with Crippen molar-refractivity contribution in [3.05, 3.63) is 0 Å². The molecular formula is C50H96O6. The summed E-state index contributed by atoms with van der Waals surface area (Å²) in [4.78, 5) is 37.8. The van der Waals surface area contributed by atoms with E-state index in [0.29, 0.717) is 19.3 Å². The first-order valence-corrected chi connectivity index (χ1v) is 24.7. The average Bonchev–Trinajstić information content (AvgIpc) is 3.16. The second kappa shape index (κ2) is 43.0. The lowest BCUT2D eigenvalue weighted by Gasteiger charge is -2.18. The first-order chi connectivity index (χ1) is 27.2. The van der Waals surface area contributed by atoms with E-state index in [2.05, 4.69) is 34.6 Å². The van der Waals surface area contributed by atoms with Gasteiger partial charge in [-0.15, -0.1) is 0 Å². The van der Waals surface area contributed by atoms with Crippen molar-refractivity contribution in [1.29, 1.82) is 0 Å². The monoisotopic (exact) mass is 793 g/mol. The molecule has 0 N–H and O–H groups in total. The second-order valence-electron chi connectivity index (χ2n) is 18.1. The first-order valence-electron chi connectivity index (χ1n) is 24.7. The van der Waals surface area contributed by atoms with E-state index in [1.807, 2.05) is 0 Å². The highest BCUT2D eigenvalue weighted by Crippen LogP contribution is 2.17. The van der Waals surface area contributed by atoms with E-state index in [4.69, 9.17) is 14.2 Å². The molecule has 0 aromatic carbocycles. The van der Waals surface area contributed by atoms with E-state index >= 15 is 0 Å². The van der Waals surface area contributed by atoms with Gasteiger partial charge in [-0.1, -0.05) is 234 Å². The lowest BCUT2D eigenvalue weighted by Crippen LogP contribution is -2.30. The molecule has 6 nitrogen and oxygen atoms in total. The Hall–Kier alpha value is -1.59. The van der Waals surface area contributed by atoms with Gasteiger partial charge < -0.3 is 14.2 Å². The van der Waals surface area contributed by atoms with Crippen LogP contribution in [0.15, 0.2) is 0 Å². The number of rotatable bonds is 44. The van der Waals surface area contributed by atoms with Crippen molar-refractivity contribution in [2.24, 2.45) is 11.8 Å². The molecule has 0 amide bonds. The molecule has 6 heteroatoms. The van der Waals surface area contributed by atoms with E-state index in [9.17, 15) is 14.4 Å². The Balaban J connectivity index is 4.30. The zero-order valence-electron chi connectivity index (χ0n) is 38.3. The van der Waals surface area contributed by atoms with Crippen LogP contribution in [-0.4, -0.2) is 37.2 Å². The van der Waals surface area contributed by atoms with Gasteiger partial charge in [-0.25, -0.2) is 0 Å². The van der Waals surface area contributed by atoms with Gasteiger partial charge >= 0.3 is 17.9 Å². The molecule has 0 unspecified atom stereocenters. The predicted molar refractivity (Wildman–Crippen MR) is 238 cm³/mol. The maximum atomic E-state index is 12.7. The van der Waals surface area contributed by atoms with Crippen molar-refractivity contribution in [2.75, 3.05) is 13.2 Å². The van der Waals surface area contributed by atoms with Crippen molar-refractivity contribution >= 4 is 17.9 Å². The summed E-state index contributed by atoms with van der Waals surface area (Å²) in [6.45, 7) is 11.3. The second-order valence-corrected chi connectivity index (χ2v) is 18.1. The summed E-state index contributed by atoms with van der Waals surface area (Å²) in [5.74, 6) is 0.748. The van der Waals surface area contributed by atoms with Crippen molar-refractivity contribution in [2.45, 2.75) is 278 Å². The van der Waals surface area contributed by atoms with Crippen molar-refractivity contribution in [3.63, 3.8) is 0 Å². The Labute approximate surface area is 348 Å². The standard InChI is InChI=1S/C50H96O6/c1-6-7-8-9-10-11-12-13-14-15-16-19-25-30-35-40-48(51)54-43-47(56-50(53)42-37-32-27-22-21-24-29-34-39-46(4)5)44-55-49(52)41-36-31-26-20-17-18-23-28-33-38-45(2)3/h45-47H,6-44H2,1-5H3/t47-/m1/s1. The summed E-state index contributed by atoms with van der Waals surface area (Å²) in [5, 5.41) is 0. The fourth-order valence-corrected chi connectivity index (χ4v) is 7.46. The van der Waals surface area contributed by atoms with Crippen LogP contribution in [0.4, 0.5) is 0 Å². The largest absolute Gasteiger partial charge is 0.462 e. The van der Waals surface area contributed by atoms with Crippen LogP contribution < -0.4 is 0 Å². The Bertz CT molecular complexity index is 854. The smallest absolute Gasteiger partial charge is 0.306 e. The zero-order valence-corrected chi connectivity index (χ0v) is 38.3. The van der Waals surface area contributed by atoms with E-state index in [-0.39, 0.29) is 31.1 Å². The van der Waals surface area contributed by atoms with Gasteiger partial charge in [0.25, 0.3) is 0 Å². The molecule has 0 aliphatic carbocycles. The first kappa shape index (κ1) is 54.4. The van der Waals surface area contributed by atoms with E-state index in [0.717, 1.165) is 69.6 Å². The van der Waals surface area contributed by atoms with Gasteiger partial charge in [0.15, 0.2) is 6.10 Å². The van der Waals surface area contributed by atoms with Crippen LogP contribution in [0, 0.1) is 11.8 Å². The molecule has 56 heavy (non-hydrogen) atoms. The van der Waals surface area contributed by atoms with Crippen molar-refractivity contribution in [3.8, 4) is 0 Å². The molecule has 0 aromatic heterocycles. The number of esters is 3. The van der Waals surface area contributed by atoms with Crippen LogP contribution in [0.1, 0.15) is 272 Å². The summed E-state index contributed by atoms with van der Waals surface area (Å²) in [5.41, 5.74) is 0. The van der Waals surface area contributed by atoms with Gasteiger partial charge in [0.1, 0.15) is 13.2 Å². The van der Waals surface area contributed by atoms with Gasteiger partial charge in [-0.3, -0.25) is 14.4 Å². The molecule has 1 atom stereocenters. The molecule has 0 rings (SSSR count). The molecule has 0 saturated carbocycles. The lowest BCUT2D eigenvalue weighted by molar-refractivity contribution is -0.167. The molecule has 0 aromatic rings. The minimum absolute atomic E-state index is 0.0646. The lowest BCUT2D eigenvalue weighted by atomic mass is 10.0. The Kier molecular flexibility index (Phi) is 41.8. The summed E-state index contributed by atoms with van der Waals surface area (Å²) in [6.07, 6.45) is 42.4. The van der Waals surface area contributed by atoms with E-state index in [1.165, 1.54) is 161 Å². The van der Waals surface area contributed by atoms with Crippen molar-refractivity contribution in [1.82, 2.24) is 0 Å².